The van der Waals surface area contributed by atoms with Crippen LogP contribution >= 0.6 is 0 Å². The van der Waals surface area contributed by atoms with Crippen molar-refractivity contribution in [2.75, 3.05) is 20.7 Å². The van der Waals surface area contributed by atoms with Crippen LogP contribution in [-0.2, 0) is 0 Å². The van der Waals surface area contributed by atoms with Gasteiger partial charge < -0.3 is 14.7 Å². The summed E-state index contributed by atoms with van der Waals surface area (Å²) in [6.45, 7) is 2.92. The molecule has 18 heavy (non-hydrogen) atoms. The number of nitrogens with zero attached hydrogens (tertiary/aromatic N) is 1. The van der Waals surface area contributed by atoms with E-state index >= 15 is 0 Å². The molecule has 0 amide bonds. The van der Waals surface area contributed by atoms with E-state index in [1.165, 1.54) is 12.8 Å². The summed E-state index contributed by atoms with van der Waals surface area (Å²) in [7, 11) is 3.74. The van der Waals surface area contributed by atoms with Crippen LogP contribution in [-0.4, -0.2) is 36.8 Å². The smallest absolute Gasteiger partial charge is 0.119 e. The van der Waals surface area contributed by atoms with Crippen molar-refractivity contribution in [3.8, 4) is 5.75 Å². The average molecular weight is 249 g/mol. The molecular formula is C15H23NO2. The van der Waals surface area contributed by atoms with Crippen LogP contribution in [0.4, 0.5) is 0 Å². The Morgan fingerprint density at radius 2 is 2.17 bits per heavy atom. The first-order chi connectivity index (χ1) is 8.61. The molecule has 0 unspecified atom stereocenters. The van der Waals surface area contributed by atoms with Crippen molar-refractivity contribution in [3.05, 3.63) is 29.8 Å². The van der Waals surface area contributed by atoms with Crippen LogP contribution in [0.1, 0.15) is 31.4 Å². The second-order valence-electron chi connectivity index (χ2n) is 5.31. The minimum absolute atomic E-state index is 0.453. The fourth-order valence-corrected chi connectivity index (χ4v) is 2.33. The molecule has 1 fully saturated rings. The molecule has 0 bridgehead atoms. The van der Waals surface area contributed by atoms with Gasteiger partial charge in [-0.3, -0.25) is 0 Å². The van der Waals surface area contributed by atoms with Crippen molar-refractivity contribution in [1.29, 1.82) is 0 Å². The van der Waals surface area contributed by atoms with Gasteiger partial charge in [-0.1, -0.05) is 12.1 Å². The lowest BCUT2D eigenvalue weighted by Crippen LogP contribution is -2.34. The van der Waals surface area contributed by atoms with Crippen molar-refractivity contribution >= 4 is 0 Å². The first kappa shape index (κ1) is 13.4. The third kappa shape index (κ3) is 3.24. The maximum absolute atomic E-state index is 10.3. The van der Waals surface area contributed by atoms with E-state index in [2.05, 4.69) is 18.9 Å². The number of aliphatic hydroxyl groups excluding tert-OH is 1. The maximum atomic E-state index is 10.3. The van der Waals surface area contributed by atoms with Gasteiger partial charge in [0.05, 0.1) is 13.2 Å². The van der Waals surface area contributed by atoms with Crippen molar-refractivity contribution in [3.63, 3.8) is 0 Å². The fraction of sp³-hybridized carbons (Fsp3) is 0.600. The SMILES string of the molecule is COc1cccc([C@@H](O)CN(C)[C@H](C)C2CC2)c1. The quantitative estimate of drug-likeness (QED) is 0.840. The zero-order valence-corrected chi connectivity index (χ0v) is 11.5. The predicted molar refractivity (Wildman–Crippen MR) is 72.8 cm³/mol. The molecule has 0 aliphatic heterocycles. The van der Waals surface area contributed by atoms with Gasteiger partial charge in [-0.15, -0.1) is 0 Å². The van der Waals surface area contributed by atoms with Gasteiger partial charge in [-0.05, 0) is 50.4 Å². The molecule has 1 aliphatic rings. The number of methoxy groups -OCH3 is 1. The highest BCUT2D eigenvalue weighted by molar-refractivity contribution is 5.29. The standard InChI is InChI=1S/C15H23NO2/c1-11(12-7-8-12)16(2)10-15(17)13-5-4-6-14(9-13)18-3/h4-6,9,11-12,15,17H,7-8,10H2,1-3H3/t11-,15+/m1/s1. The van der Waals surface area contributed by atoms with E-state index in [0.29, 0.717) is 12.6 Å². The molecule has 0 radical (unpaired) electrons. The lowest BCUT2D eigenvalue weighted by atomic mass is 10.1. The molecular weight excluding hydrogens is 226 g/mol. The molecule has 1 aliphatic carbocycles. The van der Waals surface area contributed by atoms with E-state index in [1.54, 1.807) is 7.11 Å². The van der Waals surface area contributed by atoms with E-state index in [1.807, 2.05) is 24.3 Å². The van der Waals surface area contributed by atoms with Gasteiger partial charge in [0, 0.05) is 12.6 Å². The van der Waals surface area contributed by atoms with E-state index in [0.717, 1.165) is 17.2 Å². The number of likely N-dealkylation sites (N-methyl/N-ethyl adjacent to an activating group) is 1. The molecule has 1 aromatic rings. The summed E-state index contributed by atoms with van der Waals surface area (Å²) in [4.78, 5) is 2.25. The molecule has 100 valence electrons. The Hall–Kier alpha value is -1.06. The highest BCUT2D eigenvalue weighted by Crippen LogP contribution is 2.35. The highest BCUT2D eigenvalue weighted by atomic mass is 16.5. The van der Waals surface area contributed by atoms with Crippen molar-refractivity contribution in [2.24, 2.45) is 5.92 Å². The van der Waals surface area contributed by atoms with Crippen molar-refractivity contribution in [2.45, 2.75) is 31.9 Å². The Kier molecular flexibility index (Phi) is 4.25. The molecule has 2 rings (SSSR count). The lowest BCUT2D eigenvalue weighted by Gasteiger charge is -2.27. The van der Waals surface area contributed by atoms with Gasteiger partial charge in [0.25, 0.3) is 0 Å². The summed E-state index contributed by atoms with van der Waals surface area (Å²) in [5.41, 5.74) is 0.921. The minimum atomic E-state index is -0.453. The maximum Gasteiger partial charge on any atom is 0.119 e. The Morgan fingerprint density at radius 1 is 1.44 bits per heavy atom. The van der Waals surface area contributed by atoms with E-state index < -0.39 is 6.10 Å². The number of rotatable bonds is 6. The Balaban J connectivity index is 1.95. The number of benzene rings is 1. The van der Waals surface area contributed by atoms with Crippen LogP contribution < -0.4 is 4.74 Å². The predicted octanol–water partition coefficient (Wildman–Crippen LogP) is 2.46. The molecule has 1 N–H and O–H groups in total. The summed E-state index contributed by atoms with van der Waals surface area (Å²) < 4.78 is 5.18. The molecule has 1 saturated carbocycles. The van der Waals surface area contributed by atoms with Crippen LogP contribution in [0, 0.1) is 5.92 Å². The van der Waals surface area contributed by atoms with Crippen LogP contribution in [0.25, 0.3) is 0 Å². The van der Waals surface area contributed by atoms with Crippen LogP contribution in [0.5, 0.6) is 5.75 Å². The first-order valence-corrected chi connectivity index (χ1v) is 6.64. The second kappa shape index (κ2) is 5.72. The molecule has 0 spiro atoms. The molecule has 0 aromatic heterocycles. The third-order valence-corrected chi connectivity index (χ3v) is 3.94. The van der Waals surface area contributed by atoms with Crippen molar-refractivity contribution < 1.29 is 9.84 Å². The van der Waals surface area contributed by atoms with Crippen LogP contribution in [0.2, 0.25) is 0 Å². The summed E-state index contributed by atoms with van der Waals surface area (Å²) in [6, 6.07) is 8.22. The number of aliphatic hydroxyl groups is 1. The second-order valence-corrected chi connectivity index (χ2v) is 5.31. The Bertz CT molecular complexity index is 390. The van der Waals surface area contributed by atoms with E-state index in [9.17, 15) is 5.11 Å². The summed E-state index contributed by atoms with van der Waals surface area (Å²) in [6.07, 6.45) is 2.22. The lowest BCUT2D eigenvalue weighted by molar-refractivity contribution is 0.102. The molecule has 2 atom stereocenters. The Morgan fingerprint density at radius 3 is 2.78 bits per heavy atom. The monoisotopic (exact) mass is 249 g/mol. The molecule has 3 heteroatoms. The third-order valence-electron chi connectivity index (χ3n) is 3.94. The molecule has 3 nitrogen and oxygen atoms in total. The number of ether oxygens (including phenoxy) is 1. The average Bonchev–Trinajstić information content (AvgIpc) is 3.22. The summed E-state index contributed by atoms with van der Waals surface area (Å²) >= 11 is 0. The zero-order chi connectivity index (χ0) is 13.1. The van der Waals surface area contributed by atoms with Gasteiger partial charge in [0.15, 0.2) is 0 Å². The topological polar surface area (TPSA) is 32.7 Å². The van der Waals surface area contributed by atoms with Crippen LogP contribution in [0.3, 0.4) is 0 Å². The van der Waals surface area contributed by atoms with Crippen molar-refractivity contribution in [1.82, 2.24) is 4.90 Å². The summed E-state index contributed by atoms with van der Waals surface area (Å²) in [5.74, 6) is 1.62. The number of hydrogen-bond donors (Lipinski definition) is 1. The molecule has 0 heterocycles. The van der Waals surface area contributed by atoms with Gasteiger partial charge in [-0.2, -0.15) is 0 Å². The Labute approximate surface area is 109 Å². The van der Waals surface area contributed by atoms with Gasteiger partial charge >= 0.3 is 0 Å². The molecule has 1 aromatic carbocycles. The van der Waals surface area contributed by atoms with Gasteiger partial charge in [-0.25, -0.2) is 0 Å². The largest absolute Gasteiger partial charge is 0.497 e. The highest BCUT2D eigenvalue weighted by Gasteiger charge is 2.31. The molecule has 0 saturated heterocycles. The number of hydrogen-bond acceptors (Lipinski definition) is 3. The zero-order valence-electron chi connectivity index (χ0n) is 11.5. The van der Waals surface area contributed by atoms with Gasteiger partial charge in [0.2, 0.25) is 0 Å². The van der Waals surface area contributed by atoms with Crippen LogP contribution in [0.15, 0.2) is 24.3 Å². The fourth-order valence-electron chi connectivity index (χ4n) is 2.33. The van der Waals surface area contributed by atoms with E-state index in [-0.39, 0.29) is 0 Å². The van der Waals surface area contributed by atoms with E-state index in [4.69, 9.17) is 4.74 Å². The normalized spacial score (nSPS) is 18.7. The minimum Gasteiger partial charge on any atom is -0.497 e. The summed E-state index contributed by atoms with van der Waals surface area (Å²) in [5, 5.41) is 10.3. The first-order valence-electron chi connectivity index (χ1n) is 6.64. The van der Waals surface area contributed by atoms with Gasteiger partial charge in [0.1, 0.15) is 5.75 Å².